The van der Waals surface area contributed by atoms with Crippen LogP contribution in [0.4, 0.5) is 0 Å². The molecule has 6 heteroatoms. The van der Waals surface area contributed by atoms with Crippen LogP contribution in [0, 0.1) is 19.9 Å². The molecule has 0 unspecified atom stereocenters. The molecule has 3 aromatic carbocycles. The van der Waals surface area contributed by atoms with Crippen molar-refractivity contribution in [2.45, 2.75) is 40.0 Å². The second-order valence-corrected chi connectivity index (χ2v) is 10.6. The van der Waals surface area contributed by atoms with Crippen LogP contribution in [0.25, 0.3) is 38.5 Å². The summed E-state index contributed by atoms with van der Waals surface area (Å²) in [6.07, 6.45) is 1.87. The maximum absolute atomic E-state index is 10.4. The third-order valence-electron chi connectivity index (χ3n) is 6.93. The van der Waals surface area contributed by atoms with Crippen LogP contribution in [0.15, 0.2) is 72.9 Å². The van der Waals surface area contributed by atoms with Gasteiger partial charge in [-0.15, -0.1) is 17.5 Å². The van der Waals surface area contributed by atoms with E-state index in [0.29, 0.717) is 17.1 Å². The van der Waals surface area contributed by atoms with Gasteiger partial charge in [-0.25, -0.2) is 9.97 Å². The normalized spacial score (nSPS) is 11.7. The minimum Gasteiger partial charge on any atom is -0.506 e. The van der Waals surface area contributed by atoms with Gasteiger partial charge in [0.1, 0.15) is 17.1 Å². The fraction of sp³-hybridized carbons (Fsp3) is 0.188. The number of nitrogens with zero attached hydrogens (tertiary/aromatic N) is 3. The molecule has 0 spiro atoms. The fourth-order valence-corrected chi connectivity index (χ4v) is 5.04. The van der Waals surface area contributed by atoms with E-state index in [0.717, 1.165) is 44.1 Å². The summed E-state index contributed by atoms with van der Waals surface area (Å²) in [5.41, 5.74) is 5.74. The molecule has 194 valence electrons. The number of benzene rings is 3. The monoisotopic (exact) mass is 681 g/mol. The van der Waals surface area contributed by atoms with Crippen molar-refractivity contribution in [1.29, 1.82) is 0 Å². The van der Waals surface area contributed by atoms with Crippen LogP contribution in [0.5, 0.6) is 17.4 Å². The predicted molar refractivity (Wildman–Crippen MR) is 149 cm³/mol. The van der Waals surface area contributed by atoms with Crippen molar-refractivity contribution in [3.63, 3.8) is 0 Å². The van der Waals surface area contributed by atoms with Gasteiger partial charge in [0.15, 0.2) is 0 Å². The molecule has 0 amide bonds. The van der Waals surface area contributed by atoms with Gasteiger partial charge in [0.05, 0.1) is 0 Å². The number of aromatic nitrogens is 3. The Morgan fingerprint density at radius 3 is 2.47 bits per heavy atom. The minimum atomic E-state index is -0.00202. The summed E-state index contributed by atoms with van der Waals surface area (Å²) in [7, 11) is 0. The molecular weight excluding hydrogens is 653 g/mol. The van der Waals surface area contributed by atoms with Crippen molar-refractivity contribution in [2.75, 3.05) is 0 Å². The number of hydrogen-bond acceptors (Lipinski definition) is 4. The molecule has 0 aliphatic heterocycles. The van der Waals surface area contributed by atoms with Gasteiger partial charge in [0.2, 0.25) is 5.88 Å². The summed E-state index contributed by atoms with van der Waals surface area (Å²) in [5.74, 6) is 1.93. The first-order chi connectivity index (χ1) is 17.7. The molecule has 0 aliphatic carbocycles. The number of phenolic OH excluding ortho intramolecular Hbond substituents is 1. The standard InChI is InChI=1S/C32H28N3O2.Pt/c1-19-10-13-27(36)31-30(19)20(2)16-29(34-31)37-22-11-12-24-23-8-6-7-9-25(23)35(26(24)18-22)28-17-21(14-15-33-28)32(3,4)5;/h6-17,36H,1-5H3;/q-1;. The number of ether oxygens (including phenoxy) is 1. The van der Waals surface area contributed by atoms with Crippen LogP contribution in [0.3, 0.4) is 0 Å². The molecule has 0 bridgehead atoms. The van der Waals surface area contributed by atoms with Crippen LogP contribution >= 0.6 is 0 Å². The number of aromatic hydroxyl groups is 1. The molecule has 3 aromatic heterocycles. The Morgan fingerprint density at radius 1 is 0.895 bits per heavy atom. The Bertz CT molecular complexity index is 1830. The third kappa shape index (κ3) is 4.35. The molecule has 0 fully saturated rings. The number of aryl methyl sites for hydroxylation is 2. The van der Waals surface area contributed by atoms with E-state index in [9.17, 15) is 5.11 Å². The van der Waals surface area contributed by atoms with E-state index in [1.165, 1.54) is 5.56 Å². The van der Waals surface area contributed by atoms with Crippen molar-refractivity contribution in [1.82, 2.24) is 14.5 Å². The van der Waals surface area contributed by atoms with Crippen LogP contribution in [-0.4, -0.2) is 19.6 Å². The molecule has 5 nitrogen and oxygen atoms in total. The summed E-state index contributed by atoms with van der Waals surface area (Å²) in [6, 6.07) is 25.5. The van der Waals surface area contributed by atoms with Gasteiger partial charge in [-0.2, -0.15) is 6.07 Å². The van der Waals surface area contributed by atoms with Gasteiger partial charge >= 0.3 is 0 Å². The van der Waals surface area contributed by atoms with E-state index in [1.54, 1.807) is 6.07 Å². The summed E-state index contributed by atoms with van der Waals surface area (Å²) in [4.78, 5) is 9.36. The maximum atomic E-state index is 10.4. The fourth-order valence-electron chi connectivity index (χ4n) is 5.04. The number of pyridine rings is 2. The molecule has 3 heterocycles. The topological polar surface area (TPSA) is 60.2 Å². The van der Waals surface area contributed by atoms with E-state index in [-0.39, 0.29) is 32.2 Å². The van der Waals surface area contributed by atoms with Gasteiger partial charge in [0, 0.05) is 50.0 Å². The first-order valence-electron chi connectivity index (χ1n) is 12.4. The summed E-state index contributed by atoms with van der Waals surface area (Å²) < 4.78 is 8.36. The van der Waals surface area contributed by atoms with Crippen molar-refractivity contribution >= 4 is 32.7 Å². The second kappa shape index (κ2) is 9.56. The van der Waals surface area contributed by atoms with E-state index in [1.807, 2.05) is 50.4 Å². The molecule has 0 saturated heterocycles. The summed E-state index contributed by atoms with van der Waals surface area (Å²) >= 11 is 0. The zero-order valence-electron chi connectivity index (χ0n) is 21.9. The molecule has 0 aliphatic rings. The molecule has 0 radical (unpaired) electrons. The number of phenols is 1. The van der Waals surface area contributed by atoms with Gasteiger partial charge in [-0.05, 0) is 65.6 Å². The Kier molecular flexibility index (Phi) is 6.52. The second-order valence-electron chi connectivity index (χ2n) is 10.6. The first kappa shape index (κ1) is 25.9. The third-order valence-corrected chi connectivity index (χ3v) is 6.93. The zero-order valence-corrected chi connectivity index (χ0v) is 24.2. The van der Waals surface area contributed by atoms with E-state index in [4.69, 9.17) is 9.72 Å². The largest absolute Gasteiger partial charge is 0.506 e. The van der Waals surface area contributed by atoms with Crippen molar-refractivity contribution in [2.24, 2.45) is 0 Å². The first-order valence-corrected chi connectivity index (χ1v) is 12.4. The summed E-state index contributed by atoms with van der Waals surface area (Å²) in [5, 5.41) is 13.6. The number of hydrogen-bond donors (Lipinski definition) is 1. The molecule has 1 N–H and O–H groups in total. The van der Waals surface area contributed by atoms with Crippen LogP contribution < -0.4 is 4.74 Å². The van der Waals surface area contributed by atoms with Crippen LogP contribution in [0.1, 0.15) is 37.5 Å². The van der Waals surface area contributed by atoms with E-state index >= 15 is 0 Å². The van der Waals surface area contributed by atoms with E-state index in [2.05, 4.69) is 66.7 Å². The van der Waals surface area contributed by atoms with Crippen molar-refractivity contribution in [3.05, 3.63) is 95.7 Å². The van der Waals surface area contributed by atoms with Crippen molar-refractivity contribution < 1.29 is 30.9 Å². The molecule has 0 saturated carbocycles. The zero-order chi connectivity index (χ0) is 25.9. The van der Waals surface area contributed by atoms with Crippen LogP contribution in [0.2, 0.25) is 0 Å². The van der Waals surface area contributed by atoms with Crippen molar-refractivity contribution in [3.8, 4) is 23.2 Å². The van der Waals surface area contributed by atoms with Gasteiger partial charge in [0.25, 0.3) is 0 Å². The van der Waals surface area contributed by atoms with E-state index < -0.39 is 0 Å². The molecular formula is C32H28N3O2Pt-. The van der Waals surface area contributed by atoms with Gasteiger partial charge in [-0.3, -0.25) is 0 Å². The SMILES string of the molecule is Cc1ccc(O)c2nc(Oc3[c-]c4c(cc3)c3ccccc3n4-c3cc(C(C)(C)C)ccn3)cc(C)c12.[Pt]. The Balaban J connectivity index is 0.00000294. The average molecular weight is 682 g/mol. The molecule has 38 heavy (non-hydrogen) atoms. The Hall–Kier alpha value is -3.69. The molecule has 6 rings (SSSR count). The van der Waals surface area contributed by atoms with Gasteiger partial charge in [-0.1, -0.05) is 50.6 Å². The average Bonchev–Trinajstić information content (AvgIpc) is 3.19. The predicted octanol–water partition coefficient (Wildman–Crippen LogP) is 7.94. The molecule has 0 atom stereocenters. The summed E-state index contributed by atoms with van der Waals surface area (Å²) in [6.45, 7) is 10.6. The minimum absolute atomic E-state index is 0. The molecule has 6 aromatic rings. The number of fused-ring (bicyclic) bond motifs is 4. The number of para-hydroxylation sites is 1. The van der Waals surface area contributed by atoms with Gasteiger partial charge < -0.3 is 14.4 Å². The number of rotatable bonds is 3. The van der Waals surface area contributed by atoms with Crippen LogP contribution in [-0.2, 0) is 26.5 Å². The quantitative estimate of drug-likeness (QED) is 0.193. The smallest absolute Gasteiger partial charge is 0.217 e. The Morgan fingerprint density at radius 2 is 1.68 bits per heavy atom. The Labute approximate surface area is 236 Å². The maximum Gasteiger partial charge on any atom is 0.217 e.